The lowest BCUT2D eigenvalue weighted by Gasteiger charge is -2.08. The molecule has 0 radical (unpaired) electrons. The minimum atomic E-state index is -0.262. The minimum absolute atomic E-state index is 0.262. The molecule has 0 unspecified atom stereocenters. The van der Waals surface area contributed by atoms with Crippen molar-refractivity contribution in [1.29, 1.82) is 0 Å². The van der Waals surface area contributed by atoms with Gasteiger partial charge in [-0.05, 0) is 36.6 Å². The monoisotopic (exact) mass is 299 g/mol. The highest BCUT2D eigenvalue weighted by atomic mass is 35.5. The van der Waals surface area contributed by atoms with Crippen molar-refractivity contribution in [3.63, 3.8) is 0 Å². The van der Waals surface area contributed by atoms with E-state index in [2.05, 4.69) is 27.9 Å². The number of hydrogen-bond donors (Lipinski definition) is 1. The molecule has 3 aromatic rings. The maximum atomic E-state index is 12.2. The van der Waals surface area contributed by atoms with Crippen molar-refractivity contribution in [2.45, 2.75) is 13.5 Å². The minimum Gasteiger partial charge on any atom is -0.348 e. The SMILES string of the molecule is CCn1ccc2ccc(NC(=O)c3cnccc3Cl)cc21. The van der Waals surface area contributed by atoms with Crippen LogP contribution in [0.3, 0.4) is 0 Å². The Morgan fingerprint density at radius 2 is 2.19 bits per heavy atom. The molecule has 0 aliphatic carbocycles. The topological polar surface area (TPSA) is 46.9 Å². The molecule has 0 spiro atoms. The molecule has 0 aliphatic heterocycles. The van der Waals surface area contributed by atoms with E-state index < -0.39 is 0 Å². The van der Waals surface area contributed by atoms with Gasteiger partial charge in [-0.2, -0.15) is 0 Å². The third-order valence-corrected chi connectivity index (χ3v) is 3.71. The summed E-state index contributed by atoms with van der Waals surface area (Å²) in [5, 5.41) is 4.39. The van der Waals surface area contributed by atoms with E-state index in [0.29, 0.717) is 10.6 Å². The molecule has 3 rings (SSSR count). The predicted octanol–water partition coefficient (Wildman–Crippen LogP) is 3.96. The number of rotatable bonds is 3. The zero-order chi connectivity index (χ0) is 14.8. The number of anilines is 1. The zero-order valence-corrected chi connectivity index (χ0v) is 12.3. The molecule has 0 aliphatic rings. The number of aromatic nitrogens is 2. The van der Waals surface area contributed by atoms with Gasteiger partial charge >= 0.3 is 0 Å². The first-order chi connectivity index (χ1) is 10.2. The average molecular weight is 300 g/mol. The summed E-state index contributed by atoms with van der Waals surface area (Å²) in [6.07, 6.45) is 5.05. The van der Waals surface area contributed by atoms with Gasteiger partial charge in [0.2, 0.25) is 0 Å². The van der Waals surface area contributed by atoms with Crippen molar-refractivity contribution in [3.05, 3.63) is 59.5 Å². The second-order valence-electron chi connectivity index (χ2n) is 4.68. The van der Waals surface area contributed by atoms with Crippen molar-refractivity contribution >= 4 is 34.1 Å². The highest BCUT2D eigenvalue weighted by molar-refractivity contribution is 6.34. The molecule has 0 bridgehead atoms. The molecular formula is C16H14ClN3O. The van der Waals surface area contributed by atoms with Crippen LogP contribution in [0.1, 0.15) is 17.3 Å². The van der Waals surface area contributed by atoms with E-state index in [1.54, 1.807) is 12.3 Å². The maximum absolute atomic E-state index is 12.2. The van der Waals surface area contributed by atoms with E-state index in [1.165, 1.54) is 6.20 Å². The molecule has 0 atom stereocenters. The van der Waals surface area contributed by atoms with Gasteiger partial charge in [0.25, 0.3) is 5.91 Å². The number of halogens is 1. The highest BCUT2D eigenvalue weighted by Gasteiger charge is 2.11. The first-order valence-electron chi connectivity index (χ1n) is 6.69. The molecule has 2 heterocycles. The molecule has 2 aromatic heterocycles. The summed E-state index contributed by atoms with van der Waals surface area (Å²) in [7, 11) is 0. The average Bonchev–Trinajstić information content (AvgIpc) is 2.90. The number of carbonyl (C=O) groups excluding carboxylic acids is 1. The van der Waals surface area contributed by atoms with Crippen LogP contribution in [0.2, 0.25) is 5.02 Å². The number of aryl methyl sites for hydroxylation is 1. The smallest absolute Gasteiger partial charge is 0.258 e. The van der Waals surface area contributed by atoms with Gasteiger partial charge in [-0.1, -0.05) is 17.7 Å². The Balaban J connectivity index is 1.91. The van der Waals surface area contributed by atoms with Gasteiger partial charge in [0, 0.05) is 30.8 Å². The second kappa shape index (κ2) is 5.58. The molecule has 0 saturated carbocycles. The van der Waals surface area contributed by atoms with E-state index in [4.69, 9.17) is 11.6 Å². The molecule has 0 saturated heterocycles. The van der Waals surface area contributed by atoms with E-state index in [-0.39, 0.29) is 5.91 Å². The summed E-state index contributed by atoms with van der Waals surface area (Å²) in [4.78, 5) is 16.1. The second-order valence-corrected chi connectivity index (χ2v) is 5.09. The van der Waals surface area contributed by atoms with Crippen molar-refractivity contribution in [2.24, 2.45) is 0 Å². The van der Waals surface area contributed by atoms with E-state index >= 15 is 0 Å². The molecule has 4 nitrogen and oxygen atoms in total. The van der Waals surface area contributed by atoms with Crippen LogP contribution in [0.4, 0.5) is 5.69 Å². The van der Waals surface area contributed by atoms with Crippen LogP contribution in [-0.4, -0.2) is 15.5 Å². The van der Waals surface area contributed by atoms with Crippen molar-refractivity contribution in [1.82, 2.24) is 9.55 Å². The number of pyridine rings is 1. The fourth-order valence-corrected chi connectivity index (χ4v) is 2.47. The Bertz CT molecular complexity index is 810. The number of carbonyl (C=O) groups is 1. The number of benzene rings is 1. The van der Waals surface area contributed by atoms with Crippen LogP contribution < -0.4 is 5.32 Å². The Labute approximate surface area is 127 Å². The van der Waals surface area contributed by atoms with Gasteiger partial charge in [-0.25, -0.2) is 0 Å². The molecule has 1 aromatic carbocycles. The van der Waals surface area contributed by atoms with Crippen LogP contribution in [0.5, 0.6) is 0 Å². The van der Waals surface area contributed by atoms with Gasteiger partial charge < -0.3 is 9.88 Å². The molecule has 106 valence electrons. The fraction of sp³-hybridized carbons (Fsp3) is 0.125. The van der Waals surface area contributed by atoms with Crippen LogP contribution in [-0.2, 0) is 6.54 Å². The zero-order valence-electron chi connectivity index (χ0n) is 11.5. The lowest BCUT2D eigenvalue weighted by Crippen LogP contribution is -2.12. The lowest BCUT2D eigenvalue weighted by molar-refractivity contribution is 0.102. The normalized spacial score (nSPS) is 10.8. The summed E-state index contributed by atoms with van der Waals surface area (Å²) >= 11 is 6.01. The fourth-order valence-electron chi connectivity index (χ4n) is 2.28. The number of nitrogens with one attached hydrogen (secondary N) is 1. The Morgan fingerprint density at radius 1 is 1.33 bits per heavy atom. The molecular weight excluding hydrogens is 286 g/mol. The van der Waals surface area contributed by atoms with E-state index in [0.717, 1.165) is 23.1 Å². The van der Waals surface area contributed by atoms with Crippen molar-refractivity contribution in [2.75, 3.05) is 5.32 Å². The summed E-state index contributed by atoms with van der Waals surface area (Å²) in [5.74, 6) is -0.262. The van der Waals surface area contributed by atoms with Crippen LogP contribution in [0.15, 0.2) is 48.9 Å². The molecule has 1 N–H and O–H groups in total. The standard InChI is InChI=1S/C16H14ClN3O/c1-2-20-8-6-11-3-4-12(9-15(11)20)19-16(21)13-10-18-7-5-14(13)17/h3-10H,2H2,1H3,(H,19,21). The van der Waals surface area contributed by atoms with Gasteiger partial charge in [0.1, 0.15) is 0 Å². The Kier molecular flexibility index (Phi) is 3.62. The molecule has 0 fully saturated rings. The Hall–Kier alpha value is -2.33. The van der Waals surface area contributed by atoms with Gasteiger partial charge in [-0.15, -0.1) is 0 Å². The summed E-state index contributed by atoms with van der Waals surface area (Å²) in [5.41, 5.74) is 2.19. The first kappa shape index (κ1) is 13.6. The van der Waals surface area contributed by atoms with Crippen LogP contribution in [0, 0.1) is 0 Å². The largest absolute Gasteiger partial charge is 0.348 e. The number of amides is 1. The first-order valence-corrected chi connectivity index (χ1v) is 7.06. The van der Waals surface area contributed by atoms with Crippen LogP contribution >= 0.6 is 11.6 Å². The summed E-state index contributed by atoms with van der Waals surface area (Å²) in [6, 6.07) is 9.48. The van der Waals surface area contributed by atoms with Crippen molar-refractivity contribution < 1.29 is 4.79 Å². The highest BCUT2D eigenvalue weighted by Crippen LogP contribution is 2.22. The molecule has 5 heteroatoms. The number of fused-ring (bicyclic) bond motifs is 1. The molecule has 1 amide bonds. The van der Waals surface area contributed by atoms with Crippen molar-refractivity contribution in [3.8, 4) is 0 Å². The molecule has 21 heavy (non-hydrogen) atoms. The maximum Gasteiger partial charge on any atom is 0.258 e. The summed E-state index contributed by atoms with van der Waals surface area (Å²) < 4.78 is 2.13. The predicted molar refractivity (Wildman–Crippen MR) is 84.8 cm³/mol. The van der Waals surface area contributed by atoms with E-state index in [1.807, 2.05) is 24.4 Å². The van der Waals surface area contributed by atoms with Gasteiger partial charge in [-0.3, -0.25) is 9.78 Å². The number of nitrogens with zero attached hydrogens (tertiary/aromatic N) is 2. The Morgan fingerprint density at radius 3 is 2.95 bits per heavy atom. The number of hydrogen-bond acceptors (Lipinski definition) is 2. The van der Waals surface area contributed by atoms with Gasteiger partial charge in [0.05, 0.1) is 16.1 Å². The van der Waals surface area contributed by atoms with Gasteiger partial charge in [0.15, 0.2) is 0 Å². The van der Waals surface area contributed by atoms with E-state index in [9.17, 15) is 4.79 Å². The van der Waals surface area contributed by atoms with Crippen LogP contribution in [0.25, 0.3) is 10.9 Å². The summed E-state index contributed by atoms with van der Waals surface area (Å²) in [6.45, 7) is 2.97. The third kappa shape index (κ3) is 2.62. The quantitative estimate of drug-likeness (QED) is 0.795. The third-order valence-electron chi connectivity index (χ3n) is 3.38. The lowest BCUT2D eigenvalue weighted by atomic mass is 10.2.